The van der Waals surface area contributed by atoms with Crippen LogP contribution in [0, 0.1) is 0 Å². The van der Waals surface area contributed by atoms with Crippen molar-refractivity contribution in [3.63, 3.8) is 0 Å². The zero-order chi connectivity index (χ0) is 12.8. The van der Waals surface area contributed by atoms with E-state index >= 15 is 0 Å². The molecule has 0 atom stereocenters. The summed E-state index contributed by atoms with van der Waals surface area (Å²) in [4.78, 5) is 11.1. The fourth-order valence-corrected chi connectivity index (χ4v) is 6.09. The van der Waals surface area contributed by atoms with Crippen LogP contribution in [-0.4, -0.2) is 28.0 Å². The van der Waals surface area contributed by atoms with E-state index in [2.05, 4.69) is 34.3 Å². The molecule has 0 bridgehead atoms. The molecule has 0 unspecified atom stereocenters. The third kappa shape index (κ3) is 3.19. The molecule has 0 aromatic rings. The lowest BCUT2D eigenvalue weighted by Gasteiger charge is -2.41. The first-order valence-electron chi connectivity index (χ1n) is 5.73. The van der Waals surface area contributed by atoms with Gasteiger partial charge < -0.3 is 9.16 Å². The highest BCUT2D eigenvalue weighted by atomic mass is 28.4. The molecular weight excluding hydrogens is 220 g/mol. The normalized spacial score (nSPS) is 12.3. The number of carbonyl (C=O) groups is 1. The van der Waals surface area contributed by atoms with Gasteiger partial charge in [-0.15, -0.1) is 0 Å². The average Bonchev–Trinajstić information content (AvgIpc) is 2.28. The van der Waals surface area contributed by atoms with Crippen LogP contribution in [0.1, 0.15) is 27.7 Å². The summed E-state index contributed by atoms with van der Waals surface area (Å²) in [5.74, 6) is -0.362. The van der Waals surface area contributed by atoms with E-state index in [-0.39, 0.29) is 11.0 Å². The maximum absolute atomic E-state index is 11.1. The Morgan fingerprint density at radius 1 is 1.38 bits per heavy atom. The van der Waals surface area contributed by atoms with Crippen molar-refractivity contribution in [3.05, 3.63) is 12.7 Å². The zero-order valence-corrected chi connectivity index (χ0v) is 12.1. The van der Waals surface area contributed by atoms with E-state index in [1.54, 1.807) is 7.11 Å². The Kier molecular flexibility index (Phi) is 5.97. The van der Waals surface area contributed by atoms with E-state index < -0.39 is 8.32 Å². The van der Waals surface area contributed by atoms with Crippen molar-refractivity contribution in [1.82, 2.24) is 0 Å². The molecule has 3 nitrogen and oxygen atoms in total. The number of hydrogen-bond acceptors (Lipinski definition) is 3. The Balaban J connectivity index is 4.72. The van der Waals surface area contributed by atoms with Gasteiger partial charge in [0.15, 0.2) is 0 Å². The van der Waals surface area contributed by atoms with Crippen LogP contribution in [0.4, 0.5) is 0 Å². The highest BCUT2D eigenvalue weighted by Gasteiger charge is 2.46. The summed E-state index contributed by atoms with van der Waals surface area (Å²) in [6.07, 6.45) is 1.20. The monoisotopic (exact) mass is 244 g/mol. The largest absolute Gasteiger partial charge is 0.462 e. The van der Waals surface area contributed by atoms with Crippen LogP contribution in [-0.2, 0) is 14.0 Å². The Bertz CT molecular complexity index is 236. The zero-order valence-electron chi connectivity index (χ0n) is 11.1. The van der Waals surface area contributed by atoms with Crippen LogP contribution in [0.2, 0.25) is 17.1 Å². The van der Waals surface area contributed by atoms with Crippen LogP contribution >= 0.6 is 0 Å². The second kappa shape index (κ2) is 6.20. The molecule has 4 heteroatoms. The molecule has 0 saturated heterocycles. The number of esters is 1. The van der Waals surface area contributed by atoms with Crippen molar-refractivity contribution in [2.24, 2.45) is 0 Å². The van der Waals surface area contributed by atoms with E-state index in [9.17, 15) is 4.79 Å². The minimum atomic E-state index is -1.84. The maximum atomic E-state index is 11.1. The van der Waals surface area contributed by atoms with Gasteiger partial charge in [-0.25, -0.2) is 4.79 Å². The van der Waals surface area contributed by atoms with Gasteiger partial charge in [-0.1, -0.05) is 34.3 Å². The second-order valence-electron chi connectivity index (χ2n) is 4.60. The number of rotatable bonds is 7. The molecule has 0 spiro atoms. The summed E-state index contributed by atoms with van der Waals surface area (Å²) < 4.78 is 11.0. The van der Waals surface area contributed by atoms with Crippen molar-refractivity contribution < 1.29 is 14.0 Å². The second-order valence-corrected chi connectivity index (χ2v) is 9.77. The van der Waals surface area contributed by atoms with E-state index in [4.69, 9.17) is 9.16 Å². The molecule has 0 aliphatic carbocycles. The molecule has 0 aliphatic rings. The third-order valence-corrected chi connectivity index (χ3v) is 9.19. The molecule has 0 amide bonds. The molecule has 94 valence electrons. The lowest BCUT2D eigenvalue weighted by molar-refractivity contribution is -0.138. The average molecular weight is 244 g/mol. The van der Waals surface area contributed by atoms with Crippen LogP contribution in [0.5, 0.6) is 0 Å². The van der Waals surface area contributed by atoms with Crippen LogP contribution < -0.4 is 0 Å². The standard InChI is InChI=1S/C12H24O3Si/c1-7-11(13)15-10-12(4,5)16(8-2,9-3)14-6/h7H,1,8-10H2,2-6H3. The highest BCUT2D eigenvalue weighted by molar-refractivity contribution is 6.76. The first-order valence-corrected chi connectivity index (χ1v) is 8.05. The van der Waals surface area contributed by atoms with Crippen LogP contribution in [0.15, 0.2) is 12.7 Å². The molecule has 0 aliphatic heterocycles. The van der Waals surface area contributed by atoms with Crippen LogP contribution in [0.3, 0.4) is 0 Å². The molecule has 0 N–H and O–H groups in total. The molecule has 0 aromatic heterocycles. The molecule has 0 heterocycles. The van der Waals surface area contributed by atoms with E-state index in [1.807, 2.05) is 0 Å². The van der Waals surface area contributed by atoms with E-state index in [0.29, 0.717) is 6.61 Å². The molecule has 0 radical (unpaired) electrons. The molecule has 16 heavy (non-hydrogen) atoms. The van der Waals surface area contributed by atoms with E-state index in [1.165, 1.54) is 6.08 Å². The summed E-state index contributed by atoms with van der Waals surface area (Å²) in [6.45, 7) is 12.3. The van der Waals surface area contributed by atoms with Gasteiger partial charge in [0, 0.05) is 18.2 Å². The summed E-state index contributed by atoms with van der Waals surface area (Å²) in [7, 11) is -0.0620. The predicted molar refractivity (Wildman–Crippen MR) is 68.9 cm³/mol. The molecular formula is C12H24O3Si. The Labute approximate surface area is 100.0 Å². The summed E-state index contributed by atoms with van der Waals surface area (Å²) >= 11 is 0. The summed E-state index contributed by atoms with van der Waals surface area (Å²) in [6, 6.07) is 2.05. The van der Waals surface area contributed by atoms with Gasteiger partial charge in [-0.05, 0) is 12.1 Å². The minimum absolute atomic E-state index is 0.0794. The van der Waals surface area contributed by atoms with Gasteiger partial charge in [-0.3, -0.25) is 0 Å². The lowest BCUT2D eigenvalue weighted by Crippen LogP contribution is -2.48. The number of ether oxygens (including phenoxy) is 1. The summed E-state index contributed by atoms with van der Waals surface area (Å²) in [5, 5.41) is -0.0794. The van der Waals surface area contributed by atoms with E-state index in [0.717, 1.165) is 12.1 Å². The highest BCUT2D eigenvalue weighted by Crippen LogP contribution is 2.42. The number of hydrogen-bond donors (Lipinski definition) is 0. The SMILES string of the molecule is C=CC(=O)OCC(C)(C)[Si](CC)(CC)OC. The van der Waals surface area contributed by atoms with Crippen LogP contribution in [0.25, 0.3) is 0 Å². The van der Waals surface area contributed by atoms with Gasteiger partial charge in [-0.2, -0.15) is 0 Å². The first-order chi connectivity index (χ1) is 7.39. The quantitative estimate of drug-likeness (QED) is 0.392. The topological polar surface area (TPSA) is 35.5 Å². The predicted octanol–water partition coefficient (Wildman–Crippen LogP) is 3.13. The maximum Gasteiger partial charge on any atom is 0.330 e. The van der Waals surface area contributed by atoms with Crippen molar-refractivity contribution in [2.45, 2.75) is 44.8 Å². The fraction of sp³-hybridized carbons (Fsp3) is 0.750. The Morgan fingerprint density at radius 3 is 2.19 bits per heavy atom. The van der Waals surface area contributed by atoms with Gasteiger partial charge in [0.2, 0.25) is 8.32 Å². The Morgan fingerprint density at radius 2 is 1.88 bits per heavy atom. The molecule has 0 saturated carbocycles. The smallest absolute Gasteiger partial charge is 0.330 e. The minimum Gasteiger partial charge on any atom is -0.462 e. The number of carbonyl (C=O) groups excluding carboxylic acids is 1. The van der Waals surface area contributed by atoms with Crippen molar-refractivity contribution in [2.75, 3.05) is 13.7 Å². The van der Waals surface area contributed by atoms with Crippen molar-refractivity contribution in [3.8, 4) is 0 Å². The molecule has 0 rings (SSSR count). The fourth-order valence-electron chi connectivity index (χ4n) is 2.21. The molecule has 0 fully saturated rings. The van der Waals surface area contributed by atoms with Gasteiger partial charge >= 0.3 is 5.97 Å². The van der Waals surface area contributed by atoms with Gasteiger partial charge in [0.25, 0.3) is 0 Å². The first kappa shape index (κ1) is 15.4. The van der Waals surface area contributed by atoms with Crippen molar-refractivity contribution >= 4 is 14.3 Å². The molecule has 0 aromatic carbocycles. The Hall–Kier alpha value is -0.613. The van der Waals surface area contributed by atoms with Gasteiger partial charge in [0.1, 0.15) is 0 Å². The summed E-state index contributed by atoms with van der Waals surface area (Å²) in [5.41, 5.74) is 0. The van der Waals surface area contributed by atoms with Crippen molar-refractivity contribution in [1.29, 1.82) is 0 Å². The lowest BCUT2D eigenvalue weighted by atomic mass is 10.2. The van der Waals surface area contributed by atoms with Gasteiger partial charge in [0.05, 0.1) is 6.61 Å². The third-order valence-electron chi connectivity index (χ3n) is 3.51.